The molecule has 0 saturated heterocycles. The Morgan fingerprint density at radius 2 is 2.33 bits per heavy atom. The van der Waals surface area contributed by atoms with Crippen LogP contribution >= 0.6 is 0 Å². The lowest BCUT2D eigenvalue weighted by atomic mass is 9.92. The lowest BCUT2D eigenvalue weighted by Gasteiger charge is -2.24. The maximum absolute atomic E-state index is 13.1. The topological polar surface area (TPSA) is 95.0 Å². The van der Waals surface area contributed by atoms with Gasteiger partial charge >= 0.3 is 0 Å². The minimum absolute atomic E-state index is 0.165. The normalized spacial score (nSPS) is 30.0. The summed E-state index contributed by atoms with van der Waals surface area (Å²) in [6.07, 6.45) is -5.50. The van der Waals surface area contributed by atoms with Crippen LogP contribution in [0.15, 0.2) is 22.9 Å². The summed E-state index contributed by atoms with van der Waals surface area (Å²) in [5.74, 6) is -2.50. The lowest BCUT2D eigenvalue weighted by Crippen LogP contribution is -2.36. The molecule has 2 N–H and O–H groups in total. The van der Waals surface area contributed by atoms with E-state index in [-0.39, 0.29) is 16.9 Å². The van der Waals surface area contributed by atoms with Crippen LogP contribution in [0, 0.1) is 6.88 Å². The van der Waals surface area contributed by atoms with E-state index >= 15 is 0 Å². The summed E-state index contributed by atoms with van der Waals surface area (Å²) in [4.78, 5) is 41.3. The smallest absolute Gasteiger partial charge is 0.264 e. The first-order valence-corrected chi connectivity index (χ1v) is 6.03. The number of carbonyl (C=O) groups excluding carboxylic acids is 2. The number of nitrogens with zero attached hydrogens (tertiary/aromatic N) is 2. The number of Topliss-reactive ketones (excluding diaryl/α,β-unsaturated/α-hetero) is 2. The van der Waals surface area contributed by atoms with Crippen molar-refractivity contribution in [2.45, 2.75) is 32.1 Å². The van der Waals surface area contributed by atoms with Gasteiger partial charge < -0.3 is 5.73 Å². The van der Waals surface area contributed by atoms with Crippen molar-refractivity contribution in [2.24, 2.45) is 0 Å². The summed E-state index contributed by atoms with van der Waals surface area (Å²) in [6.45, 7) is -1.91. The third-order valence-electron chi connectivity index (χ3n) is 3.17. The molecular weight excluding hydrogens is 270 g/mol. The second-order valence-corrected chi connectivity index (χ2v) is 4.56. The Labute approximate surface area is 130 Å². The van der Waals surface area contributed by atoms with Gasteiger partial charge in [-0.25, -0.2) is 4.98 Å². The first-order chi connectivity index (χ1) is 12.9. The van der Waals surface area contributed by atoms with E-state index in [2.05, 4.69) is 4.98 Å². The molecule has 6 heteroatoms. The average molecular weight is 292 g/mol. The molecule has 1 aliphatic carbocycles. The van der Waals surface area contributed by atoms with E-state index in [0.717, 1.165) is 6.07 Å². The molecule has 2 atom stereocenters. The fraction of sp³-hybridized carbons (Fsp3) is 0.333. The molecule has 2 aromatic rings. The van der Waals surface area contributed by atoms with Gasteiger partial charge in [-0.2, -0.15) is 0 Å². The largest absolute Gasteiger partial charge is 0.398 e. The number of carbonyl (C=O) groups is 2. The molecule has 0 spiro atoms. The molecule has 1 aromatic heterocycles. The van der Waals surface area contributed by atoms with Gasteiger partial charge in [0, 0.05) is 18.9 Å². The number of benzene rings is 1. The second kappa shape index (κ2) is 4.80. The summed E-state index contributed by atoms with van der Waals surface area (Å²) in [5.41, 5.74) is 4.13. The van der Waals surface area contributed by atoms with Crippen LogP contribution in [0.25, 0.3) is 10.9 Å². The molecule has 0 aliphatic heterocycles. The molecule has 0 bridgehead atoms. The van der Waals surface area contributed by atoms with Gasteiger partial charge in [0.1, 0.15) is 11.6 Å². The Bertz CT molecular complexity index is 1080. The van der Waals surface area contributed by atoms with Crippen molar-refractivity contribution in [3.63, 3.8) is 0 Å². The Morgan fingerprint density at radius 3 is 3.10 bits per heavy atom. The monoisotopic (exact) mass is 292 g/mol. The lowest BCUT2D eigenvalue weighted by molar-refractivity contribution is -0.132. The molecule has 6 nitrogen and oxygen atoms in total. The minimum Gasteiger partial charge on any atom is -0.398 e. The summed E-state index contributed by atoms with van der Waals surface area (Å²) in [5, 5.41) is -0.354. The van der Waals surface area contributed by atoms with Gasteiger partial charge in [-0.05, 0) is 25.4 Å². The number of aromatic nitrogens is 2. The molecule has 1 heterocycles. The molecular formula is C15H15N3O3. The van der Waals surface area contributed by atoms with Crippen LogP contribution in [0.2, 0.25) is 0 Å². The van der Waals surface area contributed by atoms with Crippen LogP contribution in [-0.4, -0.2) is 21.1 Å². The number of fused-ring (bicyclic) bond motifs is 1. The van der Waals surface area contributed by atoms with Crippen LogP contribution in [0.4, 0.5) is 5.69 Å². The highest BCUT2D eigenvalue weighted by atomic mass is 16.2. The number of hydrogen-bond acceptors (Lipinski definition) is 5. The molecule has 1 aliphatic rings. The summed E-state index contributed by atoms with van der Waals surface area (Å²) in [6, 6.07) is -1.70. The van der Waals surface area contributed by atoms with E-state index in [1.165, 1.54) is 0 Å². The highest BCUT2D eigenvalue weighted by molar-refractivity contribution is 6.03. The van der Waals surface area contributed by atoms with Crippen molar-refractivity contribution in [3.8, 4) is 0 Å². The van der Waals surface area contributed by atoms with Gasteiger partial charge in [0.05, 0.1) is 26.1 Å². The number of nitrogens with two attached hydrogens (primary N) is 1. The summed E-state index contributed by atoms with van der Waals surface area (Å²) in [7, 11) is 0. The average Bonchev–Trinajstić information content (AvgIpc) is 2.59. The van der Waals surface area contributed by atoms with Crippen molar-refractivity contribution < 1.29 is 19.2 Å². The molecule has 0 radical (unpaired) electrons. The van der Waals surface area contributed by atoms with Crippen LogP contribution in [0.5, 0.6) is 0 Å². The van der Waals surface area contributed by atoms with Gasteiger partial charge in [0.15, 0.2) is 5.78 Å². The van der Waals surface area contributed by atoms with Crippen LogP contribution < -0.4 is 11.3 Å². The van der Waals surface area contributed by atoms with Crippen LogP contribution in [-0.2, 0) is 9.59 Å². The Hall–Kier alpha value is -2.50. The van der Waals surface area contributed by atoms with E-state index in [0.29, 0.717) is 4.57 Å². The van der Waals surface area contributed by atoms with Gasteiger partial charge in [0.25, 0.3) is 5.56 Å². The standard InChI is InChI=1S/C15H15N3O3/c1-8-17-11-4-2-3-10(16)14(11)15(21)18(8)12-6-5-9(19)7-13(12)20/h2-4,12H,5-7,16H2,1H3/i1D2,2D,3D,5D,6D2. The molecule has 2 unspecified atom stereocenters. The molecule has 1 fully saturated rings. The van der Waals surface area contributed by atoms with E-state index in [4.69, 9.17) is 15.3 Å². The third-order valence-corrected chi connectivity index (χ3v) is 3.17. The first-order valence-electron chi connectivity index (χ1n) is 9.76. The predicted molar refractivity (Wildman–Crippen MR) is 78.1 cm³/mol. The van der Waals surface area contributed by atoms with Crippen molar-refractivity contribution in [1.29, 1.82) is 0 Å². The second-order valence-electron chi connectivity index (χ2n) is 4.56. The Balaban J connectivity index is 2.45. The number of rotatable bonds is 1. The highest BCUT2D eigenvalue weighted by Gasteiger charge is 2.30. The zero-order valence-corrected chi connectivity index (χ0v) is 10.7. The maximum Gasteiger partial charge on any atom is 0.264 e. The SMILES string of the molecule is [2H]c1cc2nc(C([2H])[2H])n(C3C(=O)CC(=O)C([2H])C3([2H])[2H])c(=O)c2c(N)c1[2H]. The molecule has 1 aromatic carbocycles. The number of aryl methyl sites for hydroxylation is 1. The van der Waals surface area contributed by atoms with Crippen LogP contribution in [0.1, 0.15) is 40.7 Å². The molecule has 21 heavy (non-hydrogen) atoms. The van der Waals surface area contributed by atoms with Gasteiger partial charge in [-0.3, -0.25) is 19.0 Å². The molecule has 1 saturated carbocycles. The third kappa shape index (κ3) is 2.12. The molecule has 3 rings (SSSR count). The molecule has 0 amide bonds. The zero-order chi connectivity index (χ0) is 21.1. The van der Waals surface area contributed by atoms with E-state index < -0.39 is 66.8 Å². The minimum atomic E-state index is -2.79. The Kier molecular flexibility index (Phi) is 1.71. The summed E-state index contributed by atoms with van der Waals surface area (Å²) >= 11 is 0. The zero-order valence-electron chi connectivity index (χ0n) is 17.7. The van der Waals surface area contributed by atoms with Crippen molar-refractivity contribution in [1.82, 2.24) is 9.55 Å². The highest BCUT2D eigenvalue weighted by Crippen LogP contribution is 2.24. The molecule has 108 valence electrons. The van der Waals surface area contributed by atoms with E-state index in [1.807, 2.05) is 0 Å². The maximum atomic E-state index is 13.1. The fourth-order valence-electron chi connectivity index (χ4n) is 2.22. The van der Waals surface area contributed by atoms with Crippen molar-refractivity contribution >= 4 is 28.2 Å². The van der Waals surface area contributed by atoms with Gasteiger partial charge in [0.2, 0.25) is 0 Å². The van der Waals surface area contributed by atoms with Crippen molar-refractivity contribution in [2.75, 3.05) is 5.73 Å². The van der Waals surface area contributed by atoms with E-state index in [1.54, 1.807) is 0 Å². The fourth-order valence-corrected chi connectivity index (χ4v) is 2.22. The number of anilines is 1. The quantitative estimate of drug-likeness (QED) is 0.628. The Morgan fingerprint density at radius 1 is 1.52 bits per heavy atom. The number of nitrogen functional groups attached to an aromatic ring is 1. The summed E-state index contributed by atoms with van der Waals surface area (Å²) < 4.78 is 55.3. The van der Waals surface area contributed by atoms with Gasteiger partial charge in [-0.1, -0.05) is 6.04 Å². The first kappa shape index (κ1) is 7.49. The van der Waals surface area contributed by atoms with E-state index in [9.17, 15) is 14.4 Å². The number of ketones is 2. The van der Waals surface area contributed by atoms with Crippen molar-refractivity contribution in [3.05, 3.63) is 34.3 Å². The van der Waals surface area contributed by atoms with Crippen LogP contribution in [0.3, 0.4) is 0 Å². The van der Waals surface area contributed by atoms with Gasteiger partial charge in [-0.15, -0.1) is 0 Å². The predicted octanol–water partition coefficient (Wildman–Crippen LogP) is 1.15. The number of hydrogen-bond donors (Lipinski definition) is 1.